The lowest BCUT2D eigenvalue weighted by molar-refractivity contribution is -0.319. The lowest BCUT2D eigenvalue weighted by atomic mass is 9.73. The highest BCUT2D eigenvalue weighted by Crippen LogP contribution is 2.42. The van der Waals surface area contributed by atoms with Crippen LogP contribution in [0.15, 0.2) is 0 Å². The molecule has 0 aromatic rings. The van der Waals surface area contributed by atoms with Crippen molar-refractivity contribution in [2.24, 2.45) is 23.7 Å². The lowest BCUT2D eigenvalue weighted by Crippen LogP contribution is -2.62. The Kier molecular flexibility index (Phi) is 15.1. The van der Waals surface area contributed by atoms with Crippen molar-refractivity contribution in [1.82, 2.24) is 4.90 Å². The Bertz CT molecular complexity index is 1220. The van der Waals surface area contributed by atoms with Crippen molar-refractivity contribution in [1.29, 1.82) is 0 Å². The molecule has 14 nitrogen and oxygen atoms in total. The monoisotopic (exact) mass is 776 g/mol. The Balaban J connectivity index is 1.80. The topological polar surface area (TPSA) is 197 Å². The zero-order chi connectivity index (χ0) is 40.7. The number of carbonyl (C=O) groups is 1. The van der Waals surface area contributed by atoms with E-state index in [9.17, 15) is 35.4 Å². The maximum absolute atomic E-state index is 14.2. The molecule has 0 amide bonds. The van der Waals surface area contributed by atoms with Crippen LogP contribution in [0.25, 0.3) is 0 Å². The normalized spacial score (nSPS) is 50.6. The third kappa shape index (κ3) is 9.47. The highest BCUT2D eigenvalue weighted by atomic mass is 16.7. The van der Waals surface area contributed by atoms with Crippen molar-refractivity contribution in [3.8, 4) is 0 Å². The van der Waals surface area contributed by atoms with Crippen LogP contribution >= 0.6 is 0 Å². The fraction of sp³-hybridized carbons (Fsp3) is 0.975. The minimum absolute atomic E-state index is 0.0280. The van der Waals surface area contributed by atoms with E-state index in [-0.39, 0.29) is 31.4 Å². The number of cyclic esters (lactones) is 1. The fourth-order valence-electron chi connectivity index (χ4n) is 9.54. The maximum Gasteiger partial charge on any atom is 0.311 e. The number of likely N-dealkylation sites (N-methyl/N-ethyl adjacent to an activating group) is 1. The van der Waals surface area contributed by atoms with Crippen LogP contribution in [0.5, 0.6) is 0 Å². The first-order chi connectivity index (χ1) is 25.0. The second kappa shape index (κ2) is 17.9. The summed E-state index contributed by atoms with van der Waals surface area (Å²) in [6.07, 6.45) is -7.10. The molecule has 0 aromatic heterocycles. The van der Waals surface area contributed by atoms with Gasteiger partial charge in [-0.25, -0.2) is 0 Å². The summed E-state index contributed by atoms with van der Waals surface area (Å²) in [5.41, 5.74) is -4.71. The Hall–Kier alpha value is -1.01. The number of ether oxygens (including phenoxy) is 6. The summed E-state index contributed by atoms with van der Waals surface area (Å²) in [5, 5.41) is 70.0. The molecule has 3 heterocycles. The van der Waals surface area contributed by atoms with E-state index in [4.69, 9.17) is 28.4 Å². The molecule has 3 saturated heterocycles. The molecule has 4 rings (SSSR count). The fourth-order valence-corrected chi connectivity index (χ4v) is 9.54. The number of esters is 1. The summed E-state index contributed by atoms with van der Waals surface area (Å²) in [4.78, 5) is 16.4. The summed E-state index contributed by atoms with van der Waals surface area (Å²) in [7, 11) is 3.51. The van der Waals surface area contributed by atoms with E-state index >= 15 is 0 Å². The second-order valence-corrected chi connectivity index (χ2v) is 18.0. The van der Waals surface area contributed by atoms with Crippen molar-refractivity contribution in [2.75, 3.05) is 14.2 Å². The number of hydrogen-bond acceptors (Lipinski definition) is 14. The van der Waals surface area contributed by atoms with Crippen LogP contribution in [-0.2, 0) is 33.2 Å². The highest BCUT2D eigenvalue weighted by Gasteiger charge is 2.54. The van der Waals surface area contributed by atoms with Gasteiger partial charge in [0.05, 0.1) is 53.7 Å². The molecule has 0 radical (unpaired) electrons. The SMILES string of the molecule is CC[C@H]1OC(=O)[C@H](C)[C@@H](O[C@@H]2C[C@@](C)(OC)[C@@H](O)[C@H](C)O2)[C@H](C)[C@@H](O[C@@H]2O[C@H](C)C[C@H](N(C)C3CCC3)[C@H]2O)[C@](C)(O)C[C@@H](C)[C@H](O)[C@H](C)[C@@H](O)[C@]1(C)O. The minimum Gasteiger partial charge on any atom is -0.459 e. The number of methoxy groups -OCH3 is 1. The van der Waals surface area contributed by atoms with Crippen LogP contribution in [0.1, 0.15) is 114 Å². The summed E-state index contributed by atoms with van der Waals surface area (Å²) < 4.78 is 37.6. The van der Waals surface area contributed by atoms with Crippen molar-refractivity contribution >= 4 is 5.97 Å². The first-order valence-electron chi connectivity index (χ1n) is 20.3. The van der Waals surface area contributed by atoms with Gasteiger partial charge in [-0.1, -0.05) is 34.1 Å². The summed E-state index contributed by atoms with van der Waals surface area (Å²) >= 11 is 0. The van der Waals surface area contributed by atoms with E-state index in [1.807, 2.05) is 14.0 Å². The van der Waals surface area contributed by atoms with Gasteiger partial charge in [-0.15, -0.1) is 0 Å². The molecule has 316 valence electrons. The van der Waals surface area contributed by atoms with Crippen molar-refractivity contribution in [3.05, 3.63) is 0 Å². The first kappa shape index (κ1) is 45.7. The summed E-state index contributed by atoms with van der Waals surface area (Å²) in [6, 6.07) is 0.0825. The average molecular weight is 776 g/mol. The Morgan fingerprint density at radius 2 is 1.50 bits per heavy atom. The molecule has 0 unspecified atom stereocenters. The molecule has 0 spiro atoms. The van der Waals surface area contributed by atoms with E-state index < -0.39 is 108 Å². The van der Waals surface area contributed by atoms with Gasteiger partial charge in [0.2, 0.25) is 0 Å². The largest absolute Gasteiger partial charge is 0.459 e. The van der Waals surface area contributed by atoms with Gasteiger partial charge in [-0.3, -0.25) is 9.69 Å². The Morgan fingerprint density at radius 1 is 0.870 bits per heavy atom. The van der Waals surface area contributed by atoms with Crippen LogP contribution < -0.4 is 0 Å². The van der Waals surface area contributed by atoms with Gasteiger partial charge in [0.1, 0.15) is 23.9 Å². The summed E-state index contributed by atoms with van der Waals surface area (Å²) in [5.74, 6) is -4.09. The molecule has 1 aliphatic carbocycles. The Labute approximate surface area is 322 Å². The van der Waals surface area contributed by atoms with Gasteiger partial charge >= 0.3 is 5.97 Å². The van der Waals surface area contributed by atoms with Crippen LogP contribution in [0.4, 0.5) is 0 Å². The summed E-state index contributed by atoms with van der Waals surface area (Å²) in [6.45, 7) is 16.9. The van der Waals surface area contributed by atoms with Crippen molar-refractivity contribution in [3.63, 3.8) is 0 Å². The number of carbonyl (C=O) groups excluding carboxylic acids is 1. The molecule has 54 heavy (non-hydrogen) atoms. The molecule has 14 heteroatoms. The van der Waals surface area contributed by atoms with Gasteiger partial charge in [0.15, 0.2) is 12.6 Å². The number of aliphatic hydroxyl groups excluding tert-OH is 4. The van der Waals surface area contributed by atoms with Gasteiger partial charge in [0.25, 0.3) is 0 Å². The number of rotatable bonds is 8. The first-order valence-corrected chi connectivity index (χ1v) is 20.3. The van der Waals surface area contributed by atoms with Crippen molar-refractivity contribution < 1.29 is 63.9 Å². The molecule has 3 aliphatic heterocycles. The van der Waals surface area contributed by atoms with Crippen LogP contribution in [-0.4, -0.2) is 152 Å². The van der Waals surface area contributed by atoms with E-state index in [0.717, 1.165) is 19.3 Å². The molecular formula is C40H73NO13. The number of aliphatic hydroxyl groups is 6. The Morgan fingerprint density at radius 3 is 2.06 bits per heavy atom. The number of hydrogen-bond donors (Lipinski definition) is 6. The minimum atomic E-state index is -1.93. The van der Waals surface area contributed by atoms with Crippen LogP contribution in [0.2, 0.25) is 0 Å². The molecule has 0 aromatic carbocycles. The van der Waals surface area contributed by atoms with E-state index in [1.165, 1.54) is 14.0 Å². The molecule has 4 aliphatic rings. The zero-order valence-corrected chi connectivity index (χ0v) is 34.8. The van der Waals surface area contributed by atoms with Crippen molar-refractivity contribution in [2.45, 2.75) is 211 Å². The average Bonchev–Trinajstić information content (AvgIpc) is 3.08. The lowest BCUT2D eigenvalue weighted by Gasteiger charge is -2.50. The third-order valence-electron chi connectivity index (χ3n) is 13.6. The predicted molar refractivity (Wildman–Crippen MR) is 199 cm³/mol. The predicted octanol–water partition coefficient (Wildman–Crippen LogP) is 2.50. The third-order valence-corrected chi connectivity index (χ3v) is 13.6. The van der Waals surface area contributed by atoms with E-state index in [0.29, 0.717) is 12.5 Å². The molecule has 19 atom stereocenters. The molecule has 0 bridgehead atoms. The molecule has 4 fully saturated rings. The highest BCUT2D eigenvalue weighted by molar-refractivity contribution is 5.73. The smallest absolute Gasteiger partial charge is 0.311 e. The quantitative estimate of drug-likeness (QED) is 0.197. The molecular weight excluding hydrogens is 702 g/mol. The standard InChI is InChI=1S/C40H73NO13/c1-13-28-40(10,48)33(44)22(4)30(42)20(2)18-38(8,47)35(54-37-31(43)27(17-21(3)50-37)41(11)26-15-14-16-26)23(5)32(24(6)36(46)52-28)53-29-19-39(9,49-12)34(45)25(7)51-29/h20-35,37,42-45,47-48H,13-19H2,1-12H3/t20-,21-,22+,23+,24-,25+,27+,28-,29-,30+,31-,32+,33-,34+,35-,37+,38-,39-,40-/m1/s1. The van der Waals surface area contributed by atoms with Gasteiger partial charge < -0.3 is 59.1 Å². The van der Waals surface area contributed by atoms with Crippen LogP contribution in [0.3, 0.4) is 0 Å². The molecule has 6 N–H and O–H groups in total. The van der Waals surface area contributed by atoms with Gasteiger partial charge in [-0.2, -0.15) is 0 Å². The molecule has 1 saturated carbocycles. The number of nitrogens with zero attached hydrogens (tertiary/aromatic N) is 1. The maximum atomic E-state index is 14.2. The van der Waals surface area contributed by atoms with Crippen LogP contribution in [0, 0.1) is 23.7 Å². The van der Waals surface area contributed by atoms with Gasteiger partial charge in [-0.05, 0) is 86.6 Å². The second-order valence-electron chi connectivity index (χ2n) is 18.0. The van der Waals surface area contributed by atoms with E-state index in [2.05, 4.69) is 4.90 Å². The van der Waals surface area contributed by atoms with Gasteiger partial charge in [0, 0.05) is 37.5 Å². The zero-order valence-electron chi connectivity index (χ0n) is 34.8. The van der Waals surface area contributed by atoms with E-state index in [1.54, 1.807) is 55.4 Å².